The number of sulfonamides is 1. The van der Waals surface area contributed by atoms with Crippen LogP contribution in [0.1, 0.15) is 12.5 Å². The van der Waals surface area contributed by atoms with E-state index in [1.807, 2.05) is 0 Å². The lowest BCUT2D eigenvalue weighted by Crippen LogP contribution is -2.57. The SMILES string of the molecule is CCS(=O)(=O)C1CN(S(=O)(=O)c2cccc(C(F)(F)F)c2)C1. The second kappa shape index (κ2) is 5.50. The molecule has 1 saturated heterocycles. The van der Waals surface area contributed by atoms with Gasteiger partial charge in [-0.05, 0) is 18.2 Å². The molecule has 0 unspecified atom stereocenters. The van der Waals surface area contributed by atoms with Crippen LogP contribution in [0.5, 0.6) is 0 Å². The minimum Gasteiger partial charge on any atom is -0.228 e. The molecule has 0 saturated carbocycles. The van der Waals surface area contributed by atoms with Crippen LogP contribution in [0.3, 0.4) is 0 Å². The summed E-state index contributed by atoms with van der Waals surface area (Å²) in [5.41, 5.74) is -1.06. The van der Waals surface area contributed by atoms with Gasteiger partial charge in [-0.2, -0.15) is 17.5 Å². The summed E-state index contributed by atoms with van der Waals surface area (Å²) in [7, 11) is -7.47. The molecule has 0 aliphatic carbocycles. The summed E-state index contributed by atoms with van der Waals surface area (Å²) < 4.78 is 86.4. The summed E-state index contributed by atoms with van der Waals surface area (Å²) in [6.07, 6.45) is -4.64. The van der Waals surface area contributed by atoms with E-state index in [1.54, 1.807) is 0 Å². The first kappa shape index (κ1) is 17.2. The van der Waals surface area contributed by atoms with Crippen molar-refractivity contribution < 1.29 is 30.0 Å². The van der Waals surface area contributed by atoms with Gasteiger partial charge >= 0.3 is 6.18 Å². The minimum absolute atomic E-state index is 0.102. The Morgan fingerprint density at radius 1 is 1.18 bits per heavy atom. The van der Waals surface area contributed by atoms with Crippen LogP contribution < -0.4 is 0 Å². The van der Waals surface area contributed by atoms with E-state index in [9.17, 15) is 30.0 Å². The maximum atomic E-state index is 12.6. The third kappa shape index (κ3) is 3.13. The van der Waals surface area contributed by atoms with Gasteiger partial charge in [-0.25, -0.2) is 16.8 Å². The van der Waals surface area contributed by atoms with Gasteiger partial charge < -0.3 is 0 Å². The number of hydrogen-bond acceptors (Lipinski definition) is 4. The second-order valence-electron chi connectivity index (χ2n) is 4.92. The number of sulfone groups is 1. The monoisotopic (exact) mass is 357 g/mol. The summed E-state index contributed by atoms with van der Waals surface area (Å²) in [5, 5.41) is -0.793. The maximum absolute atomic E-state index is 12.6. The highest BCUT2D eigenvalue weighted by Crippen LogP contribution is 2.32. The topological polar surface area (TPSA) is 71.5 Å². The Morgan fingerprint density at radius 3 is 2.27 bits per heavy atom. The van der Waals surface area contributed by atoms with E-state index in [0.717, 1.165) is 22.5 Å². The van der Waals surface area contributed by atoms with Gasteiger partial charge in [0, 0.05) is 18.8 Å². The Bertz CT molecular complexity index is 766. The fraction of sp³-hybridized carbons (Fsp3) is 0.500. The van der Waals surface area contributed by atoms with Gasteiger partial charge in [0.25, 0.3) is 0 Å². The molecular weight excluding hydrogens is 343 g/mol. The van der Waals surface area contributed by atoms with E-state index in [2.05, 4.69) is 0 Å². The zero-order chi connectivity index (χ0) is 16.8. The average molecular weight is 357 g/mol. The third-order valence-corrected chi connectivity index (χ3v) is 7.47. The van der Waals surface area contributed by atoms with Crippen molar-refractivity contribution in [3.63, 3.8) is 0 Å². The van der Waals surface area contributed by atoms with Gasteiger partial charge in [0.2, 0.25) is 10.0 Å². The van der Waals surface area contributed by atoms with Crippen molar-refractivity contribution in [1.82, 2.24) is 4.31 Å². The molecule has 1 fully saturated rings. The lowest BCUT2D eigenvalue weighted by molar-refractivity contribution is -0.137. The molecule has 0 amide bonds. The van der Waals surface area contributed by atoms with E-state index in [4.69, 9.17) is 0 Å². The van der Waals surface area contributed by atoms with E-state index in [1.165, 1.54) is 6.92 Å². The zero-order valence-corrected chi connectivity index (χ0v) is 13.2. The predicted octanol–water partition coefficient (Wildman–Crippen LogP) is 1.51. The summed E-state index contributed by atoms with van der Waals surface area (Å²) >= 11 is 0. The quantitative estimate of drug-likeness (QED) is 0.819. The van der Waals surface area contributed by atoms with Crippen molar-refractivity contribution in [2.45, 2.75) is 23.2 Å². The third-order valence-electron chi connectivity index (χ3n) is 3.52. The van der Waals surface area contributed by atoms with E-state index >= 15 is 0 Å². The molecule has 0 atom stereocenters. The van der Waals surface area contributed by atoms with Crippen LogP contribution in [0.4, 0.5) is 13.2 Å². The number of alkyl halides is 3. The molecule has 0 aromatic heterocycles. The van der Waals surface area contributed by atoms with Crippen LogP contribution in [0.15, 0.2) is 29.2 Å². The molecule has 1 aliphatic rings. The van der Waals surface area contributed by atoms with Crippen LogP contribution in [-0.4, -0.2) is 45.2 Å². The molecular formula is C12H14F3NO4S2. The summed E-state index contributed by atoms with van der Waals surface area (Å²) in [4.78, 5) is -0.491. The summed E-state index contributed by atoms with van der Waals surface area (Å²) in [6, 6.07) is 3.40. The van der Waals surface area contributed by atoms with Gasteiger partial charge in [0.1, 0.15) is 0 Å². The van der Waals surface area contributed by atoms with Gasteiger partial charge in [-0.15, -0.1) is 0 Å². The van der Waals surface area contributed by atoms with Crippen molar-refractivity contribution in [1.29, 1.82) is 0 Å². The van der Waals surface area contributed by atoms with Crippen LogP contribution in [0.2, 0.25) is 0 Å². The Hall–Kier alpha value is -1.13. The minimum atomic E-state index is -4.64. The first-order chi connectivity index (χ1) is 9.98. The first-order valence-corrected chi connectivity index (χ1v) is 9.53. The molecule has 1 aromatic carbocycles. The summed E-state index contributed by atoms with van der Waals surface area (Å²) in [5.74, 6) is -0.102. The molecule has 0 radical (unpaired) electrons. The predicted molar refractivity (Wildman–Crippen MR) is 73.5 cm³/mol. The molecule has 1 heterocycles. The van der Waals surface area contributed by atoms with Crippen molar-refractivity contribution >= 4 is 19.9 Å². The second-order valence-corrected chi connectivity index (χ2v) is 9.43. The highest BCUT2D eigenvalue weighted by atomic mass is 32.2. The van der Waals surface area contributed by atoms with Gasteiger partial charge in [0.15, 0.2) is 9.84 Å². The molecule has 22 heavy (non-hydrogen) atoms. The molecule has 1 aliphatic heterocycles. The summed E-state index contributed by atoms with van der Waals surface area (Å²) in [6.45, 7) is 1.00. The highest BCUT2D eigenvalue weighted by molar-refractivity contribution is 7.92. The van der Waals surface area contributed by atoms with Crippen molar-refractivity contribution in [3.05, 3.63) is 29.8 Å². The van der Waals surface area contributed by atoms with E-state index < -0.39 is 41.7 Å². The lowest BCUT2D eigenvalue weighted by atomic mass is 10.2. The van der Waals surface area contributed by atoms with Crippen molar-refractivity contribution in [3.8, 4) is 0 Å². The van der Waals surface area contributed by atoms with Crippen molar-refractivity contribution in [2.24, 2.45) is 0 Å². The highest BCUT2D eigenvalue weighted by Gasteiger charge is 2.43. The lowest BCUT2D eigenvalue weighted by Gasteiger charge is -2.37. The van der Waals surface area contributed by atoms with E-state index in [0.29, 0.717) is 6.07 Å². The van der Waals surface area contributed by atoms with E-state index in [-0.39, 0.29) is 18.8 Å². The molecule has 1 aromatic rings. The van der Waals surface area contributed by atoms with Crippen molar-refractivity contribution in [2.75, 3.05) is 18.8 Å². The molecule has 124 valence electrons. The smallest absolute Gasteiger partial charge is 0.228 e. The van der Waals surface area contributed by atoms with Gasteiger partial charge in [0.05, 0.1) is 15.7 Å². The largest absolute Gasteiger partial charge is 0.416 e. The standard InChI is InChI=1S/C12H14F3NO4S2/c1-2-21(17,18)11-7-16(8-11)22(19,20)10-5-3-4-9(6-10)12(13,14)15/h3-6,11H,2,7-8H2,1H3. The molecule has 10 heteroatoms. The Balaban J connectivity index is 2.24. The Labute approximate surface area is 126 Å². The first-order valence-electron chi connectivity index (χ1n) is 6.37. The number of rotatable bonds is 4. The molecule has 0 bridgehead atoms. The molecule has 0 N–H and O–H groups in total. The van der Waals surface area contributed by atoms with Crippen LogP contribution >= 0.6 is 0 Å². The van der Waals surface area contributed by atoms with Crippen LogP contribution in [-0.2, 0) is 26.0 Å². The zero-order valence-electron chi connectivity index (χ0n) is 11.5. The average Bonchev–Trinajstić information content (AvgIpc) is 2.35. The fourth-order valence-corrected chi connectivity index (χ4v) is 5.09. The molecule has 5 nitrogen and oxygen atoms in total. The molecule has 0 spiro atoms. The Morgan fingerprint density at radius 2 is 1.77 bits per heavy atom. The number of halogens is 3. The number of hydrogen-bond donors (Lipinski definition) is 0. The van der Waals surface area contributed by atoms with Crippen LogP contribution in [0.25, 0.3) is 0 Å². The van der Waals surface area contributed by atoms with Gasteiger partial charge in [-0.3, -0.25) is 0 Å². The molecule has 2 rings (SSSR count). The fourth-order valence-electron chi connectivity index (χ4n) is 2.04. The van der Waals surface area contributed by atoms with Crippen LogP contribution in [0, 0.1) is 0 Å². The maximum Gasteiger partial charge on any atom is 0.416 e. The number of benzene rings is 1. The Kier molecular flexibility index (Phi) is 4.31. The van der Waals surface area contributed by atoms with Gasteiger partial charge in [-0.1, -0.05) is 13.0 Å². The number of nitrogens with zero attached hydrogens (tertiary/aromatic N) is 1. The normalized spacial score (nSPS) is 18.2.